The molecule has 0 aliphatic rings. The van der Waals surface area contributed by atoms with E-state index in [9.17, 15) is 13.2 Å². The van der Waals surface area contributed by atoms with Gasteiger partial charge in [-0.25, -0.2) is 13.1 Å². The van der Waals surface area contributed by atoms with Gasteiger partial charge in [0, 0.05) is 26.6 Å². The lowest BCUT2D eigenvalue weighted by Gasteiger charge is -2.29. The summed E-state index contributed by atoms with van der Waals surface area (Å²) < 4.78 is 27.4. The molecular formula is C19H28ClN3O3S. The van der Waals surface area contributed by atoms with Crippen LogP contribution in [-0.4, -0.2) is 45.9 Å². The lowest BCUT2D eigenvalue weighted by molar-refractivity contribution is -0.130. The number of hydrogen-bond acceptors (Lipinski definition) is 4. The Hall–Kier alpha value is -1.67. The number of nitrogens with zero attached hydrogens (tertiary/aromatic N) is 1. The van der Waals surface area contributed by atoms with Gasteiger partial charge in [-0.15, -0.1) is 12.4 Å². The van der Waals surface area contributed by atoms with Crippen LogP contribution in [0.15, 0.2) is 47.4 Å². The number of fused-ring (bicyclic) bond motifs is 1. The van der Waals surface area contributed by atoms with Gasteiger partial charge in [0.25, 0.3) is 0 Å². The molecule has 1 amide bonds. The van der Waals surface area contributed by atoms with E-state index in [0.29, 0.717) is 13.1 Å². The molecule has 0 radical (unpaired) electrons. The highest BCUT2D eigenvalue weighted by molar-refractivity contribution is 7.89. The molecule has 0 aliphatic heterocycles. The summed E-state index contributed by atoms with van der Waals surface area (Å²) in [5, 5.41) is 1.83. The van der Waals surface area contributed by atoms with Crippen molar-refractivity contribution in [2.45, 2.75) is 25.2 Å². The highest BCUT2D eigenvalue weighted by atomic mass is 35.5. The van der Waals surface area contributed by atoms with Crippen LogP contribution in [0.4, 0.5) is 0 Å². The number of rotatable bonds is 8. The molecule has 0 bridgehead atoms. The number of sulfonamides is 1. The monoisotopic (exact) mass is 413 g/mol. The highest BCUT2D eigenvalue weighted by Crippen LogP contribution is 2.19. The third kappa shape index (κ3) is 6.46. The summed E-state index contributed by atoms with van der Waals surface area (Å²) >= 11 is 0. The maximum Gasteiger partial charge on any atom is 0.240 e. The van der Waals surface area contributed by atoms with Crippen molar-refractivity contribution in [3.05, 3.63) is 42.5 Å². The summed E-state index contributed by atoms with van der Waals surface area (Å²) in [6, 6.07) is 12.5. The third-order valence-corrected chi connectivity index (χ3v) is 5.76. The van der Waals surface area contributed by atoms with Crippen LogP contribution in [0, 0.1) is 5.41 Å². The van der Waals surface area contributed by atoms with Crippen molar-refractivity contribution >= 4 is 39.1 Å². The Bertz CT molecular complexity index is 885. The van der Waals surface area contributed by atoms with E-state index in [1.807, 2.05) is 38.1 Å². The molecule has 0 spiro atoms. The van der Waals surface area contributed by atoms with Crippen LogP contribution < -0.4 is 10.5 Å². The molecule has 0 saturated heterocycles. The van der Waals surface area contributed by atoms with Gasteiger partial charge in [0.1, 0.15) is 0 Å². The Kier molecular flexibility index (Phi) is 8.23. The molecule has 6 nitrogen and oxygen atoms in total. The van der Waals surface area contributed by atoms with Crippen LogP contribution >= 0.6 is 12.4 Å². The van der Waals surface area contributed by atoms with E-state index in [1.54, 1.807) is 30.1 Å². The minimum absolute atomic E-state index is 0. The first-order valence-corrected chi connectivity index (χ1v) is 10.1. The Morgan fingerprint density at radius 3 is 2.41 bits per heavy atom. The second-order valence-electron chi connectivity index (χ2n) is 7.27. The summed E-state index contributed by atoms with van der Waals surface area (Å²) in [6.07, 6.45) is 0.101. The molecule has 27 heavy (non-hydrogen) atoms. The van der Waals surface area contributed by atoms with Crippen molar-refractivity contribution in [1.82, 2.24) is 9.62 Å². The standard InChI is InChI=1S/C19H27N3O3S.ClH/c1-19(2,13-20)14-22(3)18(23)10-11-21-26(24,25)17-9-8-15-6-4-5-7-16(15)12-17;/h4-9,12,21H,10-11,13-14,20H2,1-3H3;1H. The van der Waals surface area contributed by atoms with Gasteiger partial charge in [-0.05, 0) is 34.9 Å². The van der Waals surface area contributed by atoms with Crippen LogP contribution in [0.1, 0.15) is 20.3 Å². The summed E-state index contributed by atoms with van der Waals surface area (Å²) in [4.78, 5) is 14.0. The number of carbonyl (C=O) groups excluding carboxylic acids is 1. The number of nitrogens with two attached hydrogens (primary N) is 1. The summed E-state index contributed by atoms with van der Waals surface area (Å²) in [6.45, 7) is 5.03. The van der Waals surface area contributed by atoms with Gasteiger partial charge < -0.3 is 10.6 Å². The van der Waals surface area contributed by atoms with E-state index in [0.717, 1.165) is 10.8 Å². The first-order chi connectivity index (χ1) is 12.1. The SMILES string of the molecule is CN(CC(C)(C)CN)C(=O)CCNS(=O)(=O)c1ccc2ccccc2c1.Cl. The highest BCUT2D eigenvalue weighted by Gasteiger charge is 2.21. The zero-order valence-corrected chi connectivity index (χ0v) is 17.6. The van der Waals surface area contributed by atoms with E-state index in [1.165, 1.54) is 0 Å². The molecule has 150 valence electrons. The van der Waals surface area contributed by atoms with Crippen LogP contribution in [0.25, 0.3) is 10.8 Å². The maximum absolute atomic E-state index is 12.4. The smallest absolute Gasteiger partial charge is 0.240 e. The van der Waals surface area contributed by atoms with Crippen LogP contribution in [-0.2, 0) is 14.8 Å². The van der Waals surface area contributed by atoms with Gasteiger partial charge in [0.05, 0.1) is 4.90 Å². The zero-order chi connectivity index (χ0) is 19.4. The fraction of sp³-hybridized carbons (Fsp3) is 0.421. The molecule has 0 fully saturated rings. The van der Waals surface area contributed by atoms with Gasteiger partial charge in [-0.2, -0.15) is 0 Å². The molecule has 0 unspecified atom stereocenters. The minimum atomic E-state index is -3.65. The molecule has 8 heteroatoms. The first kappa shape index (κ1) is 23.4. The van der Waals surface area contributed by atoms with E-state index in [2.05, 4.69) is 4.72 Å². The molecular weight excluding hydrogens is 386 g/mol. The topological polar surface area (TPSA) is 92.5 Å². The van der Waals surface area contributed by atoms with Crippen molar-refractivity contribution < 1.29 is 13.2 Å². The second-order valence-corrected chi connectivity index (χ2v) is 9.04. The van der Waals surface area contributed by atoms with Crippen molar-refractivity contribution in [3.63, 3.8) is 0 Å². The molecule has 0 aromatic heterocycles. The summed E-state index contributed by atoms with van der Waals surface area (Å²) in [5.74, 6) is -0.118. The molecule has 2 rings (SSSR count). The number of halogens is 1. The molecule has 0 aliphatic carbocycles. The summed E-state index contributed by atoms with van der Waals surface area (Å²) in [7, 11) is -1.95. The van der Waals surface area contributed by atoms with Gasteiger partial charge >= 0.3 is 0 Å². The maximum atomic E-state index is 12.4. The predicted octanol–water partition coefficient (Wildman–Crippen LogP) is 2.37. The fourth-order valence-corrected chi connectivity index (χ4v) is 3.76. The molecule has 0 saturated carbocycles. The number of hydrogen-bond donors (Lipinski definition) is 2. The lowest BCUT2D eigenvalue weighted by atomic mass is 9.93. The lowest BCUT2D eigenvalue weighted by Crippen LogP contribution is -2.40. The van der Waals surface area contributed by atoms with Crippen molar-refractivity contribution in [2.75, 3.05) is 26.7 Å². The summed E-state index contributed by atoms with van der Waals surface area (Å²) in [5.41, 5.74) is 5.51. The molecule has 3 N–H and O–H groups in total. The van der Waals surface area contributed by atoms with Crippen LogP contribution in [0.3, 0.4) is 0 Å². The molecule has 2 aromatic rings. The van der Waals surface area contributed by atoms with E-state index < -0.39 is 10.0 Å². The Balaban J connectivity index is 0.00000364. The Morgan fingerprint density at radius 2 is 1.78 bits per heavy atom. The normalized spacial score (nSPS) is 11.9. The minimum Gasteiger partial charge on any atom is -0.345 e. The average molecular weight is 414 g/mol. The fourth-order valence-electron chi connectivity index (χ4n) is 2.70. The zero-order valence-electron chi connectivity index (χ0n) is 15.9. The van der Waals surface area contributed by atoms with E-state index in [-0.39, 0.29) is 41.6 Å². The van der Waals surface area contributed by atoms with E-state index >= 15 is 0 Å². The van der Waals surface area contributed by atoms with Gasteiger partial charge in [-0.3, -0.25) is 4.79 Å². The number of benzene rings is 2. The van der Waals surface area contributed by atoms with Crippen molar-refractivity contribution in [3.8, 4) is 0 Å². The quantitative estimate of drug-likeness (QED) is 0.694. The van der Waals surface area contributed by atoms with Crippen molar-refractivity contribution in [2.24, 2.45) is 11.1 Å². The number of carbonyl (C=O) groups is 1. The number of nitrogens with one attached hydrogen (secondary N) is 1. The van der Waals surface area contributed by atoms with Crippen LogP contribution in [0.5, 0.6) is 0 Å². The first-order valence-electron chi connectivity index (χ1n) is 8.57. The largest absolute Gasteiger partial charge is 0.345 e. The average Bonchev–Trinajstić information content (AvgIpc) is 2.60. The van der Waals surface area contributed by atoms with Crippen molar-refractivity contribution in [1.29, 1.82) is 0 Å². The Morgan fingerprint density at radius 1 is 1.15 bits per heavy atom. The second kappa shape index (κ2) is 9.50. The molecule has 2 aromatic carbocycles. The van der Waals surface area contributed by atoms with Crippen LogP contribution in [0.2, 0.25) is 0 Å². The number of amides is 1. The molecule has 0 atom stereocenters. The third-order valence-electron chi connectivity index (χ3n) is 4.31. The van der Waals surface area contributed by atoms with E-state index in [4.69, 9.17) is 5.73 Å². The van der Waals surface area contributed by atoms with Gasteiger partial charge in [0.15, 0.2) is 0 Å². The Labute approximate surface area is 167 Å². The van der Waals surface area contributed by atoms with Gasteiger partial charge in [-0.1, -0.05) is 44.2 Å². The molecule has 0 heterocycles. The predicted molar refractivity (Wildman–Crippen MR) is 111 cm³/mol. The van der Waals surface area contributed by atoms with Gasteiger partial charge in [0.2, 0.25) is 15.9 Å².